The predicted octanol–water partition coefficient (Wildman–Crippen LogP) is 3.44. The number of benzene rings is 1. The highest BCUT2D eigenvalue weighted by atomic mass is 16.5. The number of carbonyl (C=O) groups excluding carboxylic acids is 1. The smallest absolute Gasteiger partial charge is 0.310 e. The lowest BCUT2D eigenvalue weighted by atomic mass is 10.0. The fourth-order valence-corrected chi connectivity index (χ4v) is 1.54. The van der Waals surface area contributed by atoms with Crippen molar-refractivity contribution in [2.24, 2.45) is 5.92 Å². The summed E-state index contributed by atoms with van der Waals surface area (Å²) < 4.78 is 5.19. The Bertz CT molecular complexity index is 381. The van der Waals surface area contributed by atoms with Gasteiger partial charge in [0.2, 0.25) is 0 Å². The lowest BCUT2D eigenvalue weighted by molar-refractivity contribution is -0.143. The van der Waals surface area contributed by atoms with E-state index in [0.29, 0.717) is 18.9 Å². The molecule has 0 aliphatic carbocycles. The van der Waals surface area contributed by atoms with Crippen molar-refractivity contribution in [2.75, 3.05) is 6.61 Å². The second-order valence-corrected chi connectivity index (χ2v) is 5.00. The minimum Gasteiger partial charge on any atom is -0.465 e. The molecule has 0 heterocycles. The van der Waals surface area contributed by atoms with E-state index < -0.39 is 0 Å². The number of aryl methyl sites for hydroxylation is 2. The van der Waals surface area contributed by atoms with Crippen molar-refractivity contribution in [3.8, 4) is 0 Å². The molecule has 0 saturated carbocycles. The number of hydrogen-bond acceptors (Lipinski definition) is 2. The van der Waals surface area contributed by atoms with E-state index in [1.807, 2.05) is 12.1 Å². The van der Waals surface area contributed by atoms with Gasteiger partial charge in [-0.3, -0.25) is 4.79 Å². The molecule has 94 valence electrons. The molecule has 0 aliphatic heterocycles. The molecule has 0 radical (unpaired) electrons. The maximum atomic E-state index is 11.6. The lowest BCUT2D eigenvalue weighted by Gasteiger charge is -2.08. The van der Waals surface area contributed by atoms with Gasteiger partial charge in [0, 0.05) is 0 Å². The fraction of sp³-hybridized carbons (Fsp3) is 0.533. The summed E-state index contributed by atoms with van der Waals surface area (Å²) in [6, 6.07) is 6.09. The highest BCUT2D eigenvalue weighted by Crippen LogP contribution is 2.11. The van der Waals surface area contributed by atoms with Crippen molar-refractivity contribution in [3.05, 3.63) is 34.9 Å². The normalized spacial score (nSPS) is 10.6. The number of carbonyl (C=O) groups is 1. The molecule has 2 nitrogen and oxygen atoms in total. The zero-order chi connectivity index (χ0) is 12.8. The standard InChI is InChI=1S/C15H22O2/c1-11(2)7-8-17-15(16)10-14-6-5-12(3)13(4)9-14/h5-6,9,11H,7-8,10H2,1-4H3. The molecule has 1 rings (SSSR count). The Labute approximate surface area is 104 Å². The number of rotatable bonds is 5. The fourth-order valence-electron chi connectivity index (χ4n) is 1.54. The van der Waals surface area contributed by atoms with E-state index in [1.54, 1.807) is 0 Å². The average molecular weight is 234 g/mol. The summed E-state index contributed by atoms with van der Waals surface area (Å²) in [4.78, 5) is 11.6. The van der Waals surface area contributed by atoms with Crippen molar-refractivity contribution in [2.45, 2.75) is 40.5 Å². The zero-order valence-electron chi connectivity index (χ0n) is 11.2. The maximum Gasteiger partial charge on any atom is 0.310 e. The van der Waals surface area contributed by atoms with Crippen LogP contribution in [0.3, 0.4) is 0 Å². The van der Waals surface area contributed by atoms with Gasteiger partial charge in [-0.25, -0.2) is 0 Å². The Hall–Kier alpha value is -1.31. The Morgan fingerprint density at radius 1 is 1.24 bits per heavy atom. The summed E-state index contributed by atoms with van der Waals surface area (Å²) in [6.45, 7) is 8.90. The van der Waals surface area contributed by atoms with Gasteiger partial charge >= 0.3 is 5.97 Å². The van der Waals surface area contributed by atoms with Crippen LogP contribution in [0.15, 0.2) is 18.2 Å². The van der Waals surface area contributed by atoms with E-state index >= 15 is 0 Å². The molecule has 1 aromatic carbocycles. The highest BCUT2D eigenvalue weighted by molar-refractivity contribution is 5.72. The summed E-state index contributed by atoms with van der Waals surface area (Å²) in [5.41, 5.74) is 3.50. The van der Waals surface area contributed by atoms with E-state index in [-0.39, 0.29) is 5.97 Å². The molecule has 17 heavy (non-hydrogen) atoms. The predicted molar refractivity (Wildman–Crippen MR) is 70.0 cm³/mol. The SMILES string of the molecule is Cc1ccc(CC(=O)OCCC(C)C)cc1C. The molecule has 0 aliphatic rings. The molecule has 0 bridgehead atoms. The van der Waals surface area contributed by atoms with Crippen LogP contribution in [0.1, 0.15) is 37.0 Å². The minimum absolute atomic E-state index is 0.131. The van der Waals surface area contributed by atoms with E-state index in [0.717, 1.165) is 12.0 Å². The highest BCUT2D eigenvalue weighted by Gasteiger charge is 2.06. The zero-order valence-corrected chi connectivity index (χ0v) is 11.2. The third kappa shape index (κ3) is 5.03. The Balaban J connectivity index is 2.42. The van der Waals surface area contributed by atoms with Gasteiger partial charge in [-0.15, -0.1) is 0 Å². The first-order valence-corrected chi connectivity index (χ1v) is 6.21. The molecule has 0 aromatic heterocycles. The van der Waals surface area contributed by atoms with Gasteiger partial charge < -0.3 is 4.74 Å². The topological polar surface area (TPSA) is 26.3 Å². The summed E-state index contributed by atoms with van der Waals surface area (Å²) in [6.07, 6.45) is 1.30. The minimum atomic E-state index is -0.131. The Kier molecular flexibility index (Phi) is 5.20. The summed E-state index contributed by atoms with van der Waals surface area (Å²) >= 11 is 0. The Morgan fingerprint density at radius 2 is 1.94 bits per heavy atom. The van der Waals surface area contributed by atoms with Gasteiger partial charge in [-0.05, 0) is 42.9 Å². The molecule has 0 unspecified atom stereocenters. The maximum absolute atomic E-state index is 11.6. The van der Waals surface area contributed by atoms with Crippen LogP contribution in [0.25, 0.3) is 0 Å². The molecular weight excluding hydrogens is 212 g/mol. The van der Waals surface area contributed by atoms with Gasteiger partial charge in [0.15, 0.2) is 0 Å². The van der Waals surface area contributed by atoms with Gasteiger partial charge in [0.05, 0.1) is 13.0 Å². The molecule has 0 amide bonds. The lowest BCUT2D eigenvalue weighted by Crippen LogP contribution is -2.10. The number of ether oxygens (including phenoxy) is 1. The van der Waals surface area contributed by atoms with Crippen LogP contribution in [-0.2, 0) is 16.0 Å². The molecule has 0 N–H and O–H groups in total. The molecule has 0 atom stereocenters. The average Bonchev–Trinajstić information content (AvgIpc) is 2.23. The monoisotopic (exact) mass is 234 g/mol. The van der Waals surface area contributed by atoms with E-state index in [4.69, 9.17) is 4.74 Å². The summed E-state index contributed by atoms with van der Waals surface area (Å²) in [5.74, 6) is 0.443. The van der Waals surface area contributed by atoms with Crippen LogP contribution in [-0.4, -0.2) is 12.6 Å². The Morgan fingerprint density at radius 3 is 2.53 bits per heavy atom. The molecule has 0 fully saturated rings. The van der Waals surface area contributed by atoms with Crippen molar-refractivity contribution in [1.29, 1.82) is 0 Å². The third-order valence-electron chi connectivity index (χ3n) is 2.88. The largest absolute Gasteiger partial charge is 0.465 e. The molecule has 0 spiro atoms. The van der Waals surface area contributed by atoms with Crippen molar-refractivity contribution < 1.29 is 9.53 Å². The van der Waals surface area contributed by atoms with Crippen LogP contribution in [0.5, 0.6) is 0 Å². The molecule has 1 aromatic rings. The number of hydrogen-bond donors (Lipinski definition) is 0. The first kappa shape index (κ1) is 13.8. The van der Waals surface area contributed by atoms with Crippen LogP contribution in [0.2, 0.25) is 0 Å². The van der Waals surface area contributed by atoms with Gasteiger partial charge in [0.25, 0.3) is 0 Å². The van der Waals surface area contributed by atoms with Crippen LogP contribution < -0.4 is 0 Å². The third-order valence-corrected chi connectivity index (χ3v) is 2.88. The van der Waals surface area contributed by atoms with E-state index in [2.05, 4.69) is 33.8 Å². The van der Waals surface area contributed by atoms with Crippen molar-refractivity contribution >= 4 is 5.97 Å². The van der Waals surface area contributed by atoms with Crippen LogP contribution >= 0.6 is 0 Å². The van der Waals surface area contributed by atoms with Crippen LogP contribution in [0, 0.1) is 19.8 Å². The molecule has 0 saturated heterocycles. The first-order valence-electron chi connectivity index (χ1n) is 6.21. The summed E-state index contributed by atoms with van der Waals surface area (Å²) in [5, 5.41) is 0. The second-order valence-electron chi connectivity index (χ2n) is 5.00. The van der Waals surface area contributed by atoms with Gasteiger partial charge in [-0.1, -0.05) is 32.0 Å². The quantitative estimate of drug-likeness (QED) is 0.729. The van der Waals surface area contributed by atoms with E-state index in [9.17, 15) is 4.79 Å². The number of esters is 1. The van der Waals surface area contributed by atoms with Gasteiger partial charge in [-0.2, -0.15) is 0 Å². The first-order chi connectivity index (χ1) is 7.99. The van der Waals surface area contributed by atoms with Crippen LogP contribution in [0.4, 0.5) is 0 Å². The molecule has 2 heteroatoms. The molecular formula is C15H22O2. The van der Waals surface area contributed by atoms with Crippen molar-refractivity contribution in [3.63, 3.8) is 0 Å². The summed E-state index contributed by atoms with van der Waals surface area (Å²) in [7, 11) is 0. The second kappa shape index (κ2) is 6.43. The van der Waals surface area contributed by atoms with Gasteiger partial charge in [0.1, 0.15) is 0 Å². The van der Waals surface area contributed by atoms with E-state index in [1.165, 1.54) is 11.1 Å². The van der Waals surface area contributed by atoms with Crippen molar-refractivity contribution in [1.82, 2.24) is 0 Å².